The Morgan fingerprint density at radius 1 is 1.30 bits per heavy atom. The summed E-state index contributed by atoms with van der Waals surface area (Å²) in [5.74, 6) is 2.02. The Hall–Kier alpha value is -1.55. The zero-order chi connectivity index (χ0) is 14.1. The average molecular weight is 333 g/mol. The number of fused-ring (bicyclic) bond motifs is 1. The van der Waals surface area contributed by atoms with E-state index in [2.05, 4.69) is 51.1 Å². The molecular weight excluding hydrogens is 316 g/mol. The molecule has 0 saturated heterocycles. The zero-order valence-electron chi connectivity index (χ0n) is 11.7. The molecule has 20 heavy (non-hydrogen) atoms. The van der Waals surface area contributed by atoms with Crippen LogP contribution in [0.3, 0.4) is 0 Å². The van der Waals surface area contributed by atoms with Crippen molar-refractivity contribution in [3.05, 3.63) is 51.6 Å². The minimum absolute atomic E-state index is 0.808. The summed E-state index contributed by atoms with van der Waals surface area (Å²) in [7, 11) is 2.07. The summed E-state index contributed by atoms with van der Waals surface area (Å²) >= 11 is 3.48. The normalized spacial score (nSPS) is 12.9. The Morgan fingerprint density at radius 3 is 2.95 bits per heavy atom. The first kappa shape index (κ1) is 13.4. The van der Waals surface area contributed by atoms with E-state index in [9.17, 15) is 0 Å². The third kappa shape index (κ3) is 2.66. The molecule has 4 heteroatoms. The highest BCUT2D eigenvalue weighted by Gasteiger charge is 2.13. The molecular formula is C16H17BrN2O. The fraction of sp³-hybridized carbons (Fsp3) is 0.312. The fourth-order valence-corrected chi connectivity index (χ4v) is 2.66. The van der Waals surface area contributed by atoms with Crippen LogP contribution >= 0.6 is 15.9 Å². The molecule has 2 heterocycles. The maximum Gasteiger partial charge on any atom is 0.128 e. The number of aryl methyl sites for hydroxylation is 1. The molecule has 0 amide bonds. The molecule has 0 bridgehead atoms. The quantitative estimate of drug-likeness (QED) is 0.856. The van der Waals surface area contributed by atoms with E-state index < -0.39 is 0 Å². The van der Waals surface area contributed by atoms with E-state index in [1.807, 2.05) is 19.1 Å². The molecule has 1 aromatic carbocycles. The Bertz CT molecular complexity index is 642. The van der Waals surface area contributed by atoms with Crippen LogP contribution in [0.25, 0.3) is 0 Å². The van der Waals surface area contributed by atoms with E-state index in [-0.39, 0.29) is 0 Å². The van der Waals surface area contributed by atoms with Crippen molar-refractivity contribution in [3.63, 3.8) is 0 Å². The predicted molar refractivity (Wildman–Crippen MR) is 84.4 cm³/mol. The number of nitrogens with zero attached hydrogens (tertiary/aromatic N) is 2. The van der Waals surface area contributed by atoms with E-state index in [1.165, 1.54) is 11.1 Å². The van der Waals surface area contributed by atoms with Gasteiger partial charge >= 0.3 is 0 Å². The van der Waals surface area contributed by atoms with Gasteiger partial charge in [0.05, 0.1) is 12.3 Å². The molecule has 0 N–H and O–H groups in total. The molecule has 3 rings (SSSR count). The molecule has 0 aliphatic carbocycles. The van der Waals surface area contributed by atoms with Crippen LogP contribution < -0.4 is 9.64 Å². The van der Waals surface area contributed by atoms with Crippen molar-refractivity contribution in [2.24, 2.45) is 0 Å². The first-order valence-corrected chi connectivity index (χ1v) is 7.51. The van der Waals surface area contributed by atoms with Crippen LogP contribution in [-0.4, -0.2) is 18.6 Å². The SMILES string of the molecule is Cc1nc(N(C)Cc2ccc3c(c2)CCO3)ccc1Br. The van der Waals surface area contributed by atoms with Crippen molar-refractivity contribution >= 4 is 21.7 Å². The molecule has 3 nitrogen and oxygen atoms in total. The summed E-state index contributed by atoms with van der Waals surface area (Å²) in [6, 6.07) is 10.5. The van der Waals surface area contributed by atoms with Crippen LogP contribution in [-0.2, 0) is 13.0 Å². The fourth-order valence-electron chi connectivity index (χ4n) is 2.44. The molecule has 0 saturated carbocycles. The van der Waals surface area contributed by atoms with Crippen molar-refractivity contribution in [3.8, 4) is 5.75 Å². The lowest BCUT2D eigenvalue weighted by Gasteiger charge is -2.19. The zero-order valence-corrected chi connectivity index (χ0v) is 13.3. The third-order valence-corrected chi connectivity index (χ3v) is 4.41. The Labute approximate surface area is 127 Å². The summed E-state index contributed by atoms with van der Waals surface area (Å²) in [5, 5.41) is 0. The Balaban J connectivity index is 1.78. The molecule has 1 aliphatic rings. The van der Waals surface area contributed by atoms with Gasteiger partial charge in [0.1, 0.15) is 11.6 Å². The van der Waals surface area contributed by atoms with Crippen molar-refractivity contribution in [2.75, 3.05) is 18.6 Å². The van der Waals surface area contributed by atoms with Crippen molar-refractivity contribution in [1.82, 2.24) is 4.98 Å². The monoisotopic (exact) mass is 332 g/mol. The largest absolute Gasteiger partial charge is 0.493 e. The van der Waals surface area contributed by atoms with Crippen LogP contribution in [0, 0.1) is 6.92 Å². The Morgan fingerprint density at radius 2 is 2.15 bits per heavy atom. The maximum absolute atomic E-state index is 5.54. The number of hydrogen-bond donors (Lipinski definition) is 0. The minimum Gasteiger partial charge on any atom is -0.493 e. The summed E-state index contributed by atoms with van der Waals surface area (Å²) in [5.41, 5.74) is 3.62. The van der Waals surface area contributed by atoms with Crippen LogP contribution in [0.5, 0.6) is 5.75 Å². The molecule has 1 aromatic heterocycles. The van der Waals surface area contributed by atoms with Crippen molar-refractivity contribution in [2.45, 2.75) is 19.9 Å². The number of benzene rings is 1. The van der Waals surface area contributed by atoms with Crippen LogP contribution in [0.2, 0.25) is 0 Å². The second-order valence-corrected chi connectivity index (χ2v) is 5.99. The van der Waals surface area contributed by atoms with E-state index in [1.54, 1.807) is 0 Å². The lowest BCUT2D eigenvalue weighted by Crippen LogP contribution is -2.18. The molecule has 2 aromatic rings. The number of ether oxygens (including phenoxy) is 1. The smallest absolute Gasteiger partial charge is 0.128 e. The van der Waals surface area contributed by atoms with E-state index >= 15 is 0 Å². The van der Waals surface area contributed by atoms with Gasteiger partial charge in [0.15, 0.2) is 0 Å². The van der Waals surface area contributed by atoms with E-state index in [4.69, 9.17) is 4.74 Å². The molecule has 0 fully saturated rings. The van der Waals surface area contributed by atoms with E-state index in [0.29, 0.717) is 0 Å². The van der Waals surface area contributed by atoms with Crippen molar-refractivity contribution in [1.29, 1.82) is 0 Å². The molecule has 0 radical (unpaired) electrons. The Kier molecular flexibility index (Phi) is 3.66. The van der Waals surface area contributed by atoms with Gasteiger partial charge in [0.2, 0.25) is 0 Å². The minimum atomic E-state index is 0.808. The van der Waals surface area contributed by atoms with Crippen LogP contribution in [0.4, 0.5) is 5.82 Å². The summed E-state index contributed by atoms with van der Waals surface area (Å²) in [4.78, 5) is 6.76. The van der Waals surface area contributed by atoms with Gasteiger partial charge < -0.3 is 9.64 Å². The first-order valence-electron chi connectivity index (χ1n) is 6.72. The molecule has 1 aliphatic heterocycles. The number of anilines is 1. The van der Waals surface area contributed by atoms with E-state index in [0.717, 1.165) is 41.3 Å². The first-order chi connectivity index (χ1) is 9.63. The second kappa shape index (κ2) is 5.44. The van der Waals surface area contributed by atoms with Gasteiger partial charge in [-0.2, -0.15) is 0 Å². The van der Waals surface area contributed by atoms with Crippen molar-refractivity contribution < 1.29 is 4.74 Å². The van der Waals surface area contributed by atoms with Crippen LogP contribution in [0.1, 0.15) is 16.8 Å². The summed E-state index contributed by atoms with van der Waals surface area (Å²) in [6.07, 6.45) is 1.02. The average Bonchev–Trinajstić information content (AvgIpc) is 2.89. The van der Waals surface area contributed by atoms with Crippen LogP contribution in [0.15, 0.2) is 34.8 Å². The number of aromatic nitrogens is 1. The highest BCUT2D eigenvalue weighted by molar-refractivity contribution is 9.10. The highest BCUT2D eigenvalue weighted by Crippen LogP contribution is 2.27. The van der Waals surface area contributed by atoms with Gasteiger partial charge in [0, 0.05) is 24.5 Å². The predicted octanol–water partition coefficient (Wildman–Crippen LogP) is 3.72. The third-order valence-electron chi connectivity index (χ3n) is 3.57. The van der Waals surface area contributed by atoms with Gasteiger partial charge in [-0.15, -0.1) is 0 Å². The standard InChI is InChI=1S/C16H17BrN2O/c1-11-14(17)4-6-16(18-11)19(2)10-12-3-5-15-13(9-12)7-8-20-15/h3-6,9H,7-8,10H2,1-2H3. The van der Waals surface area contributed by atoms with Gasteiger partial charge in [0.25, 0.3) is 0 Å². The number of halogens is 1. The number of hydrogen-bond acceptors (Lipinski definition) is 3. The molecule has 0 atom stereocenters. The second-order valence-electron chi connectivity index (χ2n) is 5.13. The number of pyridine rings is 1. The molecule has 0 spiro atoms. The molecule has 104 valence electrons. The molecule has 0 unspecified atom stereocenters. The van der Waals surface area contributed by atoms with Gasteiger partial charge in [-0.3, -0.25) is 0 Å². The van der Waals surface area contributed by atoms with Gasteiger partial charge in [-0.25, -0.2) is 4.98 Å². The maximum atomic E-state index is 5.54. The number of rotatable bonds is 3. The van der Waals surface area contributed by atoms with Gasteiger partial charge in [-0.1, -0.05) is 12.1 Å². The lowest BCUT2D eigenvalue weighted by molar-refractivity contribution is 0.357. The summed E-state index contributed by atoms with van der Waals surface area (Å²) < 4.78 is 6.59. The lowest BCUT2D eigenvalue weighted by atomic mass is 10.1. The summed E-state index contributed by atoms with van der Waals surface area (Å²) in [6.45, 7) is 3.66. The topological polar surface area (TPSA) is 25.4 Å². The van der Waals surface area contributed by atoms with Gasteiger partial charge in [-0.05, 0) is 52.2 Å². The highest BCUT2D eigenvalue weighted by atomic mass is 79.9.